The number of rotatable bonds is 12. The van der Waals surface area contributed by atoms with Crippen LogP contribution in [0.25, 0.3) is 0 Å². The maximum atomic E-state index is 14.2. The Kier molecular flexibility index (Phi) is 9.62. The SMILES string of the molecule is COc1ccc(CN([C@@H](C/C=C/CC[C@H]2COC(C)(C)O2)c2ccccc2)S(=O)(=O)c2ccc(C)cc2)cc1. The van der Waals surface area contributed by atoms with Crippen LogP contribution in [0.3, 0.4) is 0 Å². The zero-order valence-corrected chi connectivity index (χ0v) is 24.1. The molecule has 0 amide bonds. The van der Waals surface area contributed by atoms with Gasteiger partial charge in [0, 0.05) is 6.54 Å². The molecule has 3 aromatic rings. The van der Waals surface area contributed by atoms with E-state index in [4.69, 9.17) is 14.2 Å². The number of aryl methyl sites for hydroxylation is 1. The van der Waals surface area contributed by atoms with E-state index in [2.05, 4.69) is 12.2 Å². The second kappa shape index (κ2) is 12.9. The molecule has 0 spiro atoms. The second-order valence-electron chi connectivity index (χ2n) is 10.4. The van der Waals surface area contributed by atoms with Crippen molar-refractivity contribution in [1.29, 1.82) is 0 Å². The maximum Gasteiger partial charge on any atom is 0.243 e. The van der Waals surface area contributed by atoms with Crippen LogP contribution in [0, 0.1) is 6.92 Å². The Morgan fingerprint density at radius 3 is 2.31 bits per heavy atom. The third-order valence-corrected chi connectivity index (χ3v) is 8.77. The highest BCUT2D eigenvalue weighted by Gasteiger charge is 2.33. The zero-order chi connectivity index (χ0) is 27.9. The van der Waals surface area contributed by atoms with Crippen molar-refractivity contribution in [2.45, 2.75) is 69.4 Å². The van der Waals surface area contributed by atoms with E-state index in [9.17, 15) is 8.42 Å². The van der Waals surface area contributed by atoms with E-state index in [1.165, 1.54) is 0 Å². The number of allylic oxidation sites excluding steroid dienone is 1. The lowest BCUT2D eigenvalue weighted by Gasteiger charge is -2.31. The van der Waals surface area contributed by atoms with E-state index in [-0.39, 0.29) is 23.6 Å². The average Bonchev–Trinajstić information content (AvgIpc) is 3.29. The molecule has 6 nitrogen and oxygen atoms in total. The van der Waals surface area contributed by atoms with Crippen LogP contribution < -0.4 is 4.74 Å². The molecule has 0 bridgehead atoms. The fourth-order valence-electron chi connectivity index (χ4n) is 4.74. The van der Waals surface area contributed by atoms with Gasteiger partial charge in [0.1, 0.15) is 5.75 Å². The van der Waals surface area contributed by atoms with Crippen LogP contribution in [0.15, 0.2) is 95.9 Å². The lowest BCUT2D eigenvalue weighted by molar-refractivity contribution is -0.138. The quantitative estimate of drug-likeness (QED) is 0.232. The van der Waals surface area contributed by atoms with E-state index in [0.717, 1.165) is 35.3 Å². The Balaban J connectivity index is 1.62. The highest BCUT2D eigenvalue weighted by molar-refractivity contribution is 7.89. The minimum absolute atomic E-state index is 0.0723. The first-order valence-corrected chi connectivity index (χ1v) is 14.8. The molecule has 1 heterocycles. The normalized spacial score (nSPS) is 18.0. The first-order valence-electron chi connectivity index (χ1n) is 13.4. The minimum Gasteiger partial charge on any atom is -0.497 e. The van der Waals surface area contributed by atoms with Crippen LogP contribution in [0.2, 0.25) is 0 Å². The van der Waals surface area contributed by atoms with Crippen LogP contribution in [0.4, 0.5) is 0 Å². The summed E-state index contributed by atoms with van der Waals surface area (Å²) in [6.07, 6.45) is 6.50. The molecule has 3 aromatic carbocycles. The molecule has 0 aliphatic carbocycles. The summed E-state index contributed by atoms with van der Waals surface area (Å²) in [6.45, 7) is 6.64. The number of hydrogen-bond acceptors (Lipinski definition) is 5. The van der Waals surface area contributed by atoms with Gasteiger partial charge in [-0.1, -0.05) is 72.3 Å². The molecule has 0 aromatic heterocycles. The van der Waals surface area contributed by atoms with Crippen molar-refractivity contribution in [2.24, 2.45) is 0 Å². The highest BCUT2D eigenvalue weighted by Crippen LogP contribution is 2.33. The van der Waals surface area contributed by atoms with Crippen molar-refractivity contribution in [3.63, 3.8) is 0 Å². The van der Waals surface area contributed by atoms with Gasteiger partial charge < -0.3 is 14.2 Å². The standard InChI is InChI=1S/C32H39NO5S/c1-25-15-21-30(22-16-25)39(34,35)33(23-26-17-19-28(36-4)20-18-26)31(27-11-7-5-8-12-27)14-10-6-9-13-29-24-37-32(2,3)38-29/h5-8,10-12,15-22,29,31H,9,13-14,23-24H2,1-4H3/b10-6+/t29-,31-/m0/s1. The van der Waals surface area contributed by atoms with Crippen LogP contribution >= 0.6 is 0 Å². The van der Waals surface area contributed by atoms with Crippen molar-refractivity contribution >= 4 is 10.0 Å². The summed E-state index contributed by atoms with van der Waals surface area (Å²) in [5, 5.41) is 0. The van der Waals surface area contributed by atoms with E-state index >= 15 is 0 Å². The van der Waals surface area contributed by atoms with Crippen LogP contribution in [0.1, 0.15) is 55.8 Å². The molecule has 2 atom stereocenters. The molecule has 0 N–H and O–H groups in total. The lowest BCUT2D eigenvalue weighted by atomic mass is 10.0. The topological polar surface area (TPSA) is 65.1 Å². The first-order chi connectivity index (χ1) is 18.7. The summed E-state index contributed by atoms with van der Waals surface area (Å²) in [6, 6.07) is 24.1. The first kappa shape index (κ1) is 29.0. The van der Waals surface area contributed by atoms with Gasteiger partial charge in [0.15, 0.2) is 5.79 Å². The Bertz CT molecular complexity index is 1320. The summed E-state index contributed by atoms with van der Waals surface area (Å²) >= 11 is 0. The summed E-state index contributed by atoms with van der Waals surface area (Å²) < 4.78 is 46.8. The molecule has 0 unspecified atom stereocenters. The van der Waals surface area contributed by atoms with Crippen LogP contribution in [-0.4, -0.2) is 38.3 Å². The summed E-state index contributed by atoms with van der Waals surface area (Å²) in [5.74, 6) is 0.202. The molecule has 39 heavy (non-hydrogen) atoms. The van der Waals surface area contributed by atoms with Gasteiger partial charge >= 0.3 is 0 Å². The summed E-state index contributed by atoms with van der Waals surface area (Å²) in [4.78, 5) is 0.285. The predicted molar refractivity (Wildman–Crippen MR) is 154 cm³/mol. The zero-order valence-electron chi connectivity index (χ0n) is 23.2. The molecule has 4 rings (SSSR count). The van der Waals surface area contributed by atoms with Gasteiger partial charge in [-0.05, 0) is 75.4 Å². The average molecular weight is 550 g/mol. The fourth-order valence-corrected chi connectivity index (χ4v) is 6.36. The van der Waals surface area contributed by atoms with Crippen molar-refractivity contribution in [2.75, 3.05) is 13.7 Å². The third kappa shape index (κ3) is 7.79. The van der Waals surface area contributed by atoms with Gasteiger partial charge in [-0.25, -0.2) is 8.42 Å². The van der Waals surface area contributed by atoms with Crippen LogP contribution in [0.5, 0.6) is 5.75 Å². The van der Waals surface area contributed by atoms with Crippen molar-refractivity contribution in [1.82, 2.24) is 4.31 Å². The van der Waals surface area contributed by atoms with E-state index in [0.29, 0.717) is 13.0 Å². The Labute approximate surface area is 233 Å². The molecule has 0 saturated carbocycles. The Morgan fingerprint density at radius 2 is 1.69 bits per heavy atom. The van der Waals surface area contributed by atoms with Gasteiger partial charge in [0.05, 0.1) is 30.8 Å². The van der Waals surface area contributed by atoms with Gasteiger partial charge in [0.2, 0.25) is 10.0 Å². The molecular weight excluding hydrogens is 510 g/mol. The molecular formula is C32H39NO5S. The van der Waals surface area contributed by atoms with Crippen molar-refractivity contribution in [3.8, 4) is 5.75 Å². The van der Waals surface area contributed by atoms with Crippen molar-refractivity contribution < 1.29 is 22.6 Å². The number of methoxy groups -OCH3 is 1. The maximum absolute atomic E-state index is 14.2. The summed E-state index contributed by atoms with van der Waals surface area (Å²) in [5.41, 5.74) is 2.84. The smallest absolute Gasteiger partial charge is 0.243 e. The Morgan fingerprint density at radius 1 is 1.00 bits per heavy atom. The fraction of sp³-hybridized carbons (Fsp3) is 0.375. The largest absolute Gasteiger partial charge is 0.497 e. The van der Waals surface area contributed by atoms with E-state index in [1.807, 2.05) is 87.5 Å². The van der Waals surface area contributed by atoms with E-state index in [1.54, 1.807) is 23.5 Å². The number of hydrogen-bond donors (Lipinski definition) is 0. The molecule has 0 radical (unpaired) electrons. The minimum atomic E-state index is -3.82. The van der Waals surface area contributed by atoms with Gasteiger partial charge in [-0.3, -0.25) is 0 Å². The van der Waals surface area contributed by atoms with Gasteiger partial charge in [-0.2, -0.15) is 4.31 Å². The predicted octanol–water partition coefficient (Wildman–Crippen LogP) is 6.81. The lowest BCUT2D eigenvalue weighted by Crippen LogP contribution is -2.34. The summed E-state index contributed by atoms with van der Waals surface area (Å²) in [7, 11) is -2.20. The number of sulfonamides is 1. The monoisotopic (exact) mass is 549 g/mol. The van der Waals surface area contributed by atoms with Gasteiger partial charge in [-0.15, -0.1) is 0 Å². The number of ether oxygens (including phenoxy) is 3. The number of nitrogens with zero attached hydrogens (tertiary/aromatic N) is 1. The van der Waals surface area contributed by atoms with E-state index < -0.39 is 15.8 Å². The molecule has 208 valence electrons. The second-order valence-corrected chi connectivity index (χ2v) is 12.3. The molecule has 7 heteroatoms. The van der Waals surface area contributed by atoms with Crippen LogP contribution in [-0.2, 0) is 26.0 Å². The van der Waals surface area contributed by atoms with Gasteiger partial charge in [0.25, 0.3) is 0 Å². The Hall–Kier alpha value is -2.97. The molecule has 1 aliphatic rings. The molecule has 1 fully saturated rings. The number of benzene rings is 3. The van der Waals surface area contributed by atoms with Crippen molar-refractivity contribution in [3.05, 3.63) is 108 Å². The third-order valence-electron chi connectivity index (χ3n) is 6.91. The molecule has 1 saturated heterocycles. The highest BCUT2D eigenvalue weighted by atomic mass is 32.2. The molecule has 1 aliphatic heterocycles.